The highest BCUT2D eigenvalue weighted by atomic mass is 16.6. The van der Waals surface area contributed by atoms with Gasteiger partial charge in [0, 0.05) is 11.1 Å². The van der Waals surface area contributed by atoms with Gasteiger partial charge in [0.2, 0.25) is 5.82 Å². The molecule has 4 aromatic rings. The van der Waals surface area contributed by atoms with Gasteiger partial charge in [-0.1, -0.05) is 47.6 Å². The Labute approximate surface area is 190 Å². The highest BCUT2D eigenvalue weighted by Gasteiger charge is 2.13. The number of hydrogen-bond donors (Lipinski definition) is 1. The Balaban J connectivity index is 1.25. The van der Waals surface area contributed by atoms with Gasteiger partial charge in [-0.3, -0.25) is 9.59 Å². The number of amides is 1. The molecule has 1 N–H and O–H groups in total. The molecule has 0 radical (unpaired) electrons. The van der Waals surface area contributed by atoms with Crippen molar-refractivity contribution in [3.63, 3.8) is 0 Å². The first kappa shape index (κ1) is 21.8. The van der Waals surface area contributed by atoms with Crippen LogP contribution in [0.1, 0.15) is 16.2 Å². The van der Waals surface area contributed by atoms with E-state index in [9.17, 15) is 9.59 Å². The van der Waals surface area contributed by atoms with Crippen LogP contribution in [0.3, 0.4) is 0 Å². The Hall–Kier alpha value is -4.46. The van der Waals surface area contributed by atoms with E-state index < -0.39 is 5.97 Å². The third-order valence-corrected chi connectivity index (χ3v) is 4.82. The zero-order valence-corrected chi connectivity index (χ0v) is 17.9. The molecule has 0 saturated carbocycles. The molecular formula is C25H21N3O5. The summed E-state index contributed by atoms with van der Waals surface area (Å²) >= 11 is 0. The van der Waals surface area contributed by atoms with Gasteiger partial charge in [-0.2, -0.15) is 4.98 Å². The van der Waals surface area contributed by atoms with Crippen LogP contribution in [0.25, 0.3) is 22.5 Å². The van der Waals surface area contributed by atoms with Crippen molar-refractivity contribution in [1.82, 2.24) is 15.5 Å². The Morgan fingerprint density at radius 3 is 2.24 bits per heavy atom. The highest BCUT2D eigenvalue weighted by Crippen LogP contribution is 2.20. The first-order valence-corrected chi connectivity index (χ1v) is 10.2. The number of benzene rings is 3. The number of aromatic nitrogens is 2. The van der Waals surface area contributed by atoms with Crippen LogP contribution in [-0.2, 0) is 16.1 Å². The minimum atomic E-state index is -0.617. The predicted octanol–water partition coefficient (Wildman–Crippen LogP) is 3.89. The standard InChI is InChI=1S/C25H21N3O5/c1-31-21-13-11-19(12-14-21)24-27-22(33-28-24)16-32-23(29)15-26-25(30)20-9-7-18(8-10-20)17-5-3-2-4-6-17/h2-14H,15-16H2,1H3,(H,26,30). The van der Waals surface area contributed by atoms with E-state index in [0.717, 1.165) is 16.7 Å². The quantitative estimate of drug-likeness (QED) is 0.412. The van der Waals surface area contributed by atoms with E-state index in [0.29, 0.717) is 17.1 Å². The molecule has 0 aliphatic heterocycles. The zero-order chi connectivity index (χ0) is 23.0. The molecule has 3 aromatic carbocycles. The van der Waals surface area contributed by atoms with E-state index in [1.807, 2.05) is 42.5 Å². The smallest absolute Gasteiger partial charge is 0.325 e. The molecule has 4 rings (SSSR count). The number of carbonyl (C=O) groups excluding carboxylic acids is 2. The molecule has 0 atom stereocenters. The lowest BCUT2D eigenvalue weighted by molar-refractivity contribution is -0.144. The SMILES string of the molecule is COc1ccc(-c2noc(COC(=O)CNC(=O)c3ccc(-c4ccccc4)cc3)n2)cc1. The average Bonchev–Trinajstić information content (AvgIpc) is 3.36. The van der Waals surface area contributed by atoms with Crippen molar-refractivity contribution in [1.29, 1.82) is 0 Å². The number of carbonyl (C=O) groups is 2. The second-order valence-electron chi connectivity index (χ2n) is 7.03. The van der Waals surface area contributed by atoms with Crippen LogP contribution in [0.15, 0.2) is 83.4 Å². The predicted molar refractivity (Wildman–Crippen MR) is 120 cm³/mol. The number of nitrogens with zero attached hydrogens (tertiary/aromatic N) is 2. The molecule has 33 heavy (non-hydrogen) atoms. The molecule has 0 bridgehead atoms. The van der Waals surface area contributed by atoms with Gasteiger partial charge in [0.15, 0.2) is 6.61 Å². The lowest BCUT2D eigenvalue weighted by Crippen LogP contribution is -2.30. The summed E-state index contributed by atoms with van der Waals surface area (Å²) in [5.74, 6) is 0.248. The molecule has 1 amide bonds. The molecule has 0 spiro atoms. The van der Waals surface area contributed by atoms with E-state index >= 15 is 0 Å². The van der Waals surface area contributed by atoms with Gasteiger partial charge in [0.1, 0.15) is 12.3 Å². The third kappa shape index (κ3) is 5.62. The first-order chi connectivity index (χ1) is 16.1. The Morgan fingerprint density at radius 2 is 1.55 bits per heavy atom. The lowest BCUT2D eigenvalue weighted by Gasteiger charge is -2.06. The van der Waals surface area contributed by atoms with Crippen molar-refractivity contribution >= 4 is 11.9 Å². The minimum Gasteiger partial charge on any atom is -0.497 e. The molecule has 8 heteroatoms. The van der Waals surface area contributed by atoms with Gasteiger partial charge in [-0.05, 0) is 47.5 Å². The van der Waals surface area contributed by atoms with Gasteiger partial charge in [0.05, 0.1) is 7.11 Å². The van der Waals surface area contributed by atoms with Crippen molar-refractivity contribution in [2.75, 3.05) is 13.7 Å². The van der Waals surface area contributed by atoms with Gasteiger partial charge < -0.3 is 19.3 Å². The van der Waals surface area contributed by atoms with E-state index in [1.54, 1.807) is 43.5 Å². The normalized spacial score (nSPS) is 10.5. The monoisotopic (exact) mass is 443 g/mol. The van der Waals surface area contributed by atoms with Crippen molar-refractivity contribution in [3.05, 3.63) is 90.3 Å². The summed E-state index contributed by atoms with van der Waals surface area (Å²) in [5.41, 5.74) is 3.25. The Bertz CT molecular complexity index is 1220. The summed E-state index contributed by atoms with van der Waals surface area (Å²) in [4.78, 5) is 28.5. The van der Waals surface area contributed by atoms with Crippen LogP contribution in [0.4, 0.5) is 0 Å². The molecular weight excluding hydrogens is 422 g/mol. The maximum Gasteiger partial charge on any atom is 0.325 e. The second kappa shape index (κ2) is 10.2. The number of rotatable bonds is 8. The number of esters is 1. The lowest BCUT2D eigenvalue weighted by atomic mass is 10.0. The number of methoxy groups -OCH3 is 1. The maximum atomic E-state index is 12.3. The molecule has 0 fully saturated rings. The molecule has 1 aromatic heterocycles. The van der Waals surface area contributed by atoms with Crippen LogP contribution < -0.4 is 10.1 Å². The highest BCUT2D eigenvalue weighted by molar-refractivity contribution is 5.96. The van der Waals surface area contributed by atoms with Crippen molar-refractivity contribution < 1.29 is 23.6 Å². The number of hydrogen-bond acceptors (Lipinski definition) is 7. The third-order valence-electron chi connectivity index (χ3n) is 4.82. The van der Waals surface area contributed by atoms with Crippen molar-refractivity contribution in [2.24, 2.45) is 0 Å². The van der Waals surface area contributed by atoms with Gasteiger partial charge in [-0.15, -0.1) is 0 Å². The number of nitrogens with one attached hydrogen (secondary N) is 1. The summed E-state index contributed by atoms with van der Waals surface area (Å²) in [6.07, 6.45) is 0. The summed E-state index contributed by atoms with van der Waals surface area (Å²) < 4.78 is 15.3. The molecule has 8 nitrogen and oxygen atoms in total. The topological polar surface area (TPSA) is 104 Å². The minimum absolute atomic E-state index is 0.150. The van der Waals surface area contributed by atoms with Gasteiger partial charge in [-0.25, -0.2) is 0 Å². The van der Waals surface area contributed by atoms with E-state index in [4.69, 9.17) is 14.0 Å². The van der Waals surface area contributed by atoms with E-state index in [-0.39, 0.29) is 24.9 Å². The van der Waals surface area contributed by atoms with Crippen LogP contribution in [-0.4, -0.2) is 35.7 Å². The maximum absolute atomic E-state index is 12.3. The fraction of sp³-hybridized carbons (Fsp3) is 0.120. The molecule has 1 heterocycles. The van der Waals surface area contributed by atoms with Crippen molar-refractivity contribution in [2.45, 2.75) is 6.61 Å². The van der Waals surface area contributed by atoms with Crippen molar-refractivity contribution in [3.8, 4) is 28.3 Å². The van der Waals surface area contributed by atoms with Crippen LogP contribution in [0.2, 0.25) is 0 Å². The Morgan fingerprint density at radius 1 is 0.879 bits per heavy atom. The van der Waals surface area contributed by atoms with Crippen LogP contribution >= 0.6 is 0 Å². The van der Waals surface area contributed by atoms with E-state index in [1.165, 1.54) is 0 Å². The molecule has 0 unspecified atom stereocenters. The van der Waals surface area contributed by atoms with E-state index in [2.05, 4.69) is 15.5 Å². The van der Waals surface area contributed by atoms with Crippen LogP contribution in [0.5, 0.6) is 5.75 Å². The first-order valence-electron chi connectivity index (χ1n) is 10.2. The van der Waals surface area contributed by atoms with Gasteiger partial charge in [0.25, 0.3) is 11.8 Å². The Kier molecular flexibility index (Phi) is 6.75. The largest absolute Gasteiger partial charge is 0.497 e. The summed E-state index contributed by atoms with van der Waals surface area (Å²) in [6.45, 7) is -0.470. The molecule has 166 valence electrons. The van der Waals surface area contributed by atoms with Crippen LogP contribution in [0, 0.1) is 0 Å². The molecule has 0 saturated heterocycles. The van der Waals surface area contributed by atoms with Gasteiger partial charge >= 0.3 is 5.97 Å². The fourth-order valence-corrected chi connectivity index (χ4v) is 3.06. The summed E-state index contributed by atoms with van der Waals surface area (Å²) in [6, 6.07) is 24.1. The summed E-state index contributed by atoms with van der Waals surface area (Å²) in [7, 11) is 1.58. The number of ether oxygens (including phenoxy) is 2. The fourth-order valence-electron chi connectivity index (χ4n) is 3.06. The second-order valence-corrected chi connectivity index (χ2v) is 7.03. The molecule has 0 aliphatic rings. The molecule has 0 aliphatic carbocycles. The summed E-state index contributed by atoms with van der Waals surface area (Å²) in [5, 5.41) is 6.42. The zero-order valence-electron chi connectivity index (χ0n) is 17.9. The average molecular weight is 443 g/mol.